The molecule has 0 amide bonds. The summed E-state index contributed by atoms with van der Waals surface area (Å²) in [6.07, 6.45) is 0.931. The van der Waals surface area contributed by atoms with Crippen molar-refractivity contribution in [3.05, 3.63) is 66.7 Å². The van der Waals surface area contributed by atoms with Gasteiger partial charge in [0, 0.05) is 6.42 Å². The molecule has 2 aromatic rings. The normalized spacial score (nSPS) is 11.0. The van der Waals surface area contributed by atoms with Crippen molar-refractivity contribution in [1.29, 1.82) is 0 Å². The van der Waals surface area contributed by atoms with E-state index in [-0.39, 0.29) is 0 Å². The number of ether oxygens (including phenoxy) is 1. The monoisotopic (exact) mass is 244 g/mol. The molecule has 2 heteroatoms. The van der Waals surface area contributed by atoms with E-state index in [1.807, 2.05) is 73.7 Å². The Morgan fingerprint density at radius 2 is 1.33 bits per heavy atom. The molecule has 0 fully saturated rings. The van der Waals surface area contributed by atoms with Crippen molar-refractivity contribution in [1.82, 2.24) is 0 Å². The number of hydrogen-bond acceptors (Lipinski definition) is 2. The first-order valence-corrected chi connectivity index (χ1v) is 6.22. The van der Waals surface area contributed by atoms with Crippen molar-refractivity contribution in [2.45, 2.75) is 26.1 Å². The fourth-order valence-electron chi connectivity index (χ4n) is 1.35. The first kappa shape index (κ1) is 14.3. The molecule has 1 atom stereocenters. The van der Waals surface area contributed by atoms with Crippen LogP contribution in [0.5, 0.6) is 5.75 Å². The van der Waals surface area contributed by atoms with E-state index in [0.29, 0.717) is 6.42 Å². The van der Waals surface area contributed by atoms with Crippen LogP contribution in [0.25, 0.3) is 0 Å². The lowest BCUT2D eigenvalue weighted by Gasteiger charge is -2.11. The Bertz CT molecular complexity index is 360. The number of aliphatic hydroxyl groups excluding tert-OH is 1. The predicted molar refractivity (Wildman–Crippen MR) is 74.4 cm³/mol. The van der Waals surface area contributed by atoms with Crippen LogP contribution < -0.4 is 4.74 Å². The van der Waals surface area contributed by atoms with Gasteiger partial charge in [-0.1, -0.05) is 67.9 Å². The van der Waals surface area contributed by atoms with Crippen molar-refractivity contribution in [3.63, 3.8) is 0 Å². The minimum atomic E-state index is -0.669. The highest BCUT2D eigenvalue weighted by Gasteiger charge is 2.02. The zero-order valence-electron chi connectivity index (χ0n) is 10.7. The molecule has 0 radical (unpaired) electrons. The molecule has 2 rings (SSSR count). The van der Waals surface area contributed by atoms with Gasteiger partial charge >= 0.3 is 0 Å². The van der Waals surface area contributed by atoms with E-state index in [4.69, 9.17) is 4.74 Å². The van der Waals surface area contributed by atoms with E-state index in [2.05, 4.69) is 0 Å². The van der Waals surface area contributed by atoms with Gasteiger partial charge in [0.05, 0.1) is 0 Å². The molecule has 18 heavy (non-hydrogen) atoms. The Hall–Kier alpha value is -1.80. The van der Waals surface area contributed by atoms with Crippen molar-refractivity contribution < 1.29 is 9.84 Å². The third kappa shape index (κ3) is 6.71. The number of rotatable bonds is 4. The second kappa shape index (κ2) is 9.25. The molecular weight excluding hydrogens is 224 g/mol. The van der Waals surface area contributed by atoms with Crippen LogP contribution in [0, 0.1) is 0 Å². The largest absolute Gasteiger partial charge is 0.465 e. The number of hydrogen-bond donors (Lipinski definition) is 1. The highest BCUT2D eigenvalue weighted by Crippen LogP contribution is 2.11. The van der Waals surface area contributed by atoms with Gasteiger partial charge < -0.3 is 9.84 Å². The van der Waals surface area contributed by atoms with Gasteiger partial charge in [0.2, 0.25) is 0 Å². The number of aliphatic hydroxyl groups is 1. The average molecular weight is 244 g/mol. The molecule has 0 aliphatic carbocycles. The van der Waals surface area contributed by atoms with Crippen LogP contribution in [0.4, 0.5) is 0 Å². The van der Waals surface area contributed by atoms with Crippen molar-refractivity contribution in [3.8, 4) is 5.75 Å². The Kier molecular flexibility index (Phi) is 7.33. The SMILES string of the molecule is CCCC(O)Oc1ccccc1.c1ccccc1. The summed E-state index contributed by atoms with van der Waals surface area (Å²) in [5.41, 5.74) is 0. The summed E-state index contributed by atoms with van der Waals surface area (Å²) in [6.45, 7) is 2.01. The minimum Gasteiger partial charge on any atom is -0.465 e. The molecule has 96 valence electrons. The molecule has 0 aromatic heterocycles. The number of benzene rings is 2. The molecule has 0 saturated heterocycles. The molecule has 0 aliphatic heterocycles. The Morgan fingerprint density at radius 1 is 0.889 bits per heavy atom. The fraction of sp³-hybridized carbons (Fsp3) is 0.250. The molecule has 2 aromatic carbocycles. The maximum Gasteiger partial charge on any atom is 0.197 e. The van der Waals surface area contributed by atoms with Crippen molar-refractivity contribution >= 4 is 0 Å². The molecule has 0 spiro atoms. The van der Waals surface area contributed by atoms with Crippen LogP contribution in [-0.2, 0) is 0 Å². The first-order chi connectivity index (χ1) is 8.83. The number of para-hydroxylation sites is 1. The van der Waals surface area contributed by atoms with Crippen LogP contribution in [-0.4, -0.2) is 11.4 Å². The second-order valence-electron chi connectivity index (χ2n) is 3.83. The minimum absolute atomic E-state index is 0.669. The van der Waals surface area contributed by atoms with Crippen LogP contribution in [0.2, 0.25) is 0 Å². The summed E-state index contributed by atoms with van der Waals surface area (Å²) < 4.78 is 5.21. The van der Waals surface area contributed by atoms with Crippen LogP contribution in [0.3, 0.4) is 0 Å². The molecule has 0 bridgehead atoms. The topological polar surface area (TPSA) is 29.5 Å². The van der Waals surface area contributed by atoms with E-state index in [9.17, 15) is 5.11 Å². The summed E-state index contributed by atoms with van der Waals surface area (Å²) in [7, 11) is 0. The molecule has 2 nitrogen and oxygen atoms in total. The lowest BCUT2D eigenvalue weighted by molar-refractivity contribution is -0.0233. The fourth-order valence-corrected chi connectivity index (χ4v) is 1.35. The molecule has 0 heterocycles. The maximum atomic E-state index is 9.28. The summed E-state index contributed by atoms with van der Waals surface area (Å²) in [5, 5.41) is 9.28. The smallest absolute Gasteiger partial charge is 0.197 e. The van der Waals surface area contributed by atoms with Gasteiger partial charge in [0.1, 0.15) is 5.75 Å². The van der Waals surface area contributed by atoms with E-state index in [1.54, 1.807) is 0 Å². The van der Waals surface area contributed by atoms with Gasteiger partial charge in [-0.3, -0.25) is 0 Å². The van der Waals surface area contributed by atoms with Gasteiger partial charge in [-0.05, 0) is 12.1 Å². The van der Waals surface area contributed by atoms with Crippen molar-refractivity contribution in [2.75, 3.05) is 0 Å². The molecule has 0 aliphatic rings. The Balaban J connectivity index is 0.000000225. The third-order valence-corrected chi connectivity index (χ3v) is 2.22. The molecule has 1 unspecified atom stereocenters. The Morgan fingerprint density at radius 3 is 1.78 bits per heavy atom. The zero-order chi connectivity index (χ0) is 13.1. The van der Waals surface area contributed by atoms with Crippen LogP contribution in [0.15, 0.2) is 66.7 Å². The predicted octanol–water partition coefficient (Wildman–Crippen LogP) is 3.87. The average Bonchev–Trinajstić information content (AvgIpc) is 2.43. The highest BCUT2D eigenvalue weighted by atomic mass is 16.6. The molecule has 1 N–H and O–H groups in total. The summed E-state index contributed by atoms with van der Waals surface area (Å²) in [6, 6.07) is 21.3. The summed E-state index contributed by atoms with van der Waals surface area (Å²) in [5.74, 6) is 0.721. The molecular formula is C16H20O2. The van der Waals surface area contributed by atoms with Gasteiger partial charge in [-0.2, -0.15) is 0 Å². The van der Waals surface area contributed by atoms with E-state index in [1.165, 1.54) is 0 Å². The summed E-state index contributed by atoms with van der Waals surface area (Å²) >= 11 is 0. The van der Waals surface area contributed by atoms with Gasteiger partial charge in [-0.15, -0.1) is 0 Å². The zero-order valence-corrected chi connectivity index (χ0v) is 10.7. The molecule has 0 saturated carbocycles. The quantitative estimate of drug-likeness (QED) is 0.827. The summed E-state index contributed by atoms with van der Waals surface area (Å²) in [4.78, 5) is 0. The lowest BCUT2D eigenvalue weighted by atomic mass is 10.3. The maximum absolute atomic E-state index is 9.28. The first-order valence-electron chi connectivity index (χ1n) is 6.22. The van der Waals surface area contributed by atoms with Crippen LogP contribution >= 0.6 is 0 Å². The highest BCUT2D eigenvalue weighted by molar-refractivity contribution is 5.20. The van der Waals surface area contributed by atoms with Gasteiger partial charge in [0.25, 0.3) is 0 Å². The van der Waals surface area contributed by atoms with E-state index in [0.717, 1.165) is 12.2 Å². The van der Waals surface area contributed by atoms with Crippen LogP contribution in [0.1, 0.15) is 19.8 Å². The standard InChI is InChI=1S/C10H14O2.C6H6/c1-2-6-10(11)12-9-7-4-3-5-8-9;1-2-4-6-5-3-1/h3-5,7-8,10-11H,2,6H2,1H3;1-6H. The van der Waals surface area contributed by atoms with Gasteiger partial charge in [0.15, 0.2) is 6.29 Å². The second-order valence-corrected chi connectivity index (χ2v) is 3.83. The van der Waals surface area contributed by atoms with Gasteiger partial charge in [-0.25, -0.2) is 0 Å². The van der Waals surface area contributed by atoms with Crippen molar-refractivity contribution in [2.24, 2.45) is 0 Å². The lowest BCUT2D eigenvalue weighted by Crippen LogP contribution is -2.14. The third-order valence-electron chi connectivity index (χ3n) is 2.22. The Labute approximate surface area is 109 Å². The van der Waals surface area contributed by atoms with E-state index >= 15 is 0 Å². The van der Waals surface area contributed by atoms with E-state index < -0.39 is 6.29 Å².